The van der Waals surface area contributed by atoms with E-state index in [1.54, 1.807) is 11.0 Å². The summed E-state index contributed by atoms with van der Waals surface area (Å²) in [5.41, 5.74) is 1.28. The lowest BCUT2D eigenvalue weighted by Crippen LogP contribution is -2.50. The highest BCUT2D eigenvalue weighted by molar-refractivity contribution is 6.34. The van der Waals surface area contributed by atoms with Crippen LogP contribution in [0, 0.1) is 0 Å². The lowest BCUT2D eigenvalue weighted by Gasteiger charge is -2.35. The zero-order valence-corrected chi connectivity index (χ0v) is 20.3. The molecule has 11 heteroatoms. The van der Waals surface area contributed by atoms with Crippen LogP contribution in [0.15, 0.2) is 24.5 Å². The van der Waals surface area contributed by atoms with E-state index in [-0.39, 0.29) is 11.2 Å². The van der Waals surface area contributed by atoms with Gasteiger partial charge < -0.3 is 19.4 Å². The average molecular weight is 493 g/mol. The lowest BCUT2D eigenvalue weighted by molar-refractivity contribution is 0.0137. The molecule has 9 nitrogen and oxygen atoms in total. The molecule has 0 unspecified atom stereocenters. The van der Waals surface area contributed by atoms with Gasteiger partial charge in [-0.15, -0.1) is 0 Å². The SMILES string of the molecule is CC(C)(C)OC(=O)N1CCN(CCOc2ccc(-c3nc4c(Cl)ncnc4[nH]3)c(Cl)c2)CC1. The number of aromatic amines is 1. The standard InChI is InChI=1S/C22H26Cl2N6O3/c1-22(2,3)33-21(31)30-8-6-29(7-9-30)10-11-32-14-4-5-15(16(23)12-14)19-27-17-18(24)25-13-26-20(17)28-19/h4-5,12-13H,6-11H2,1-3H3,(H,25,26,27,28). The van der Waals surface area contributed by atoms with Crippen molar-refractivity contribution in [1.29, 1.82) is 0 Å². The number of rotatable bonds is 5. The van der Waals surface area contributed by atoms with Gasteiger partial charge in [0.05, 0.1) is 5.02 Å². The Hall–Kier alpha value is -2.62. The number of aromatic nitrogens is 4. The van der Waals surface area contributed by atoms with Gasteiger partial charge in [-0.1, -0.05) is 23.2 Å². The van der Waals surface area contributed by atoms with Gasteiger partial charge in [-0.3, -0.25) is 4.90 Å². The highest BCUT2D eigenvalue weighted by Gasteiger charge is 2.25. The first-order valence-corrected chi connectivity index (χ1v) is 11.4. The van der Waals surface area contributed by atoms with Crippen LogP contribution in [-0.2, 0) is 4.74 Å². The molecule has 0 spiro atoms. The molecule has 1 saturated heterocycles. The van der Waals surface area contributed by atoms with Crippen molar-refractivity contribution in [3.63, 3.8) is 0 Å². The minimum Gasteiger partial charge on any atom is -0.492 e. The summed E-state index contributed by atoms with van der Waals surface area (Å²) in [7, 11) is 0. The number of amides is 1. The summed E-state index contributed by atoms with van der Waals surface area (Å²) >= 11 is 12.6. The Morgan fingerprint density at radius 1 is 1.15 bits per heavy atom. The van der Waals surface area contributed by atoms with E-state index < -0.39 is 5.60 Å². The Morgan fingerprint density at radius 3 is 2.58 bits per heavy atom. The topological polar surface area (TPSA) is 96.5 Å². The minimum absolute atomic E-state index is 0.257. The Balaban J connectivity index is 1.28. The third kappa shape index (κ3) is 5.85. The molecule has 4 rings (SSSR count). The third-order valence-electron chi connectivity index (χ3n) is 5.13. The van der Waals surface area contributed by atoms with Crippen LogP contribution in [0.5, 0.6) is 5.75 Å². The van der Waals surface area contributed by atoms with Crippen LogP contribution in [0.25, 0.3) is 22.6 Å². The Morgan fingerprint density at radius 2 is 1.91 bits per heavy atom. The number of fused-ring (bicyclic) bond motifs is 1. The van der Waals surface area contributed by atoms with Crippen LogP contribution in [0.3, 0.4) is 0 Å². The molecule has 0 atom stereocenters. The summed E-state index contributed by atoms with van der Waals surface area (Å²) in [6.07, 6.45) is 1.12. The molecule has 0 saturated carbocycles. The summed E-state index contributed by atoms with van der Waals surface area (Å²) in [4.78, 5) is 31.8. The van der Waals surface area contributed by atoms with Crippen molar-refractivity contribution < 1.29 is 14.3 Å². The van der Waals surface area contributed by atoms with Crippen molar-refractivity contribution >= 4 is 40.5 Å². The quantitative estimate of drug-likeness (QED) is 0.531. The van der Waals surface area contributed by atoms with Crippen molar-refractivity contribution in [1.82, 2.24) is 29.7 Å². The predicted molar refractivity (Wildman–Crippen MR) is 127 cm³/mol. The van der Waals surface area contributed by atoms with Crippen LogP contribution in [0.4, 0.5) is 4.79 Å². The van der Waals surface area contributed by atoms with Gasteiger partial charge in [0.15, 0.2) is 10.8 Å². The molecule has 1 amide bonds. The van der Waals surface area contributed by atoms with Crippen molar-refractivity contribution in [3.05, 3.63) is 34.7 Å². The van der Waals surface area contributed by atoms with Crippen LogP contribution in [0.1, 0.15) is 20.8 Å². The van der Waals surface area contributed by atoms with Gasteiger partial charge in [0.2, 0.25) is 0 Å². The van der Waals surface area contributed by atoms with Crippen molar-refractivity contribution in [3.8, 4) is 17.1 Å². The van der Waals surface area contributed by atoms with Crippen molar-refractivity contribution in [2.75, 3.05) is 39.3 Å². The fourth-order valence-corrected chi connectivity index (χ4v) is 3.91. The number of piperazine rings is 1. The molecule has 2 aromatic heterocycles. The van der Waals surface area contributed by atoms with E-state index in [9.17, 15) is 4.79 Å². The first-order chi connectivity index (χ1) is 15.7. The van der Waals surface area contributed by atoms with Crippen LogP contribution in [-0.4, -0.2) is 80.8 Å². The van der Waals surface area contributed by atoms with E-state index in [0.29, 0.717) is 47.5 Å². The number of ether oxygens (including phenoxy) is 2. The molecule has 1 fully saturated rings. The molecule has 3 heterocycles. The number of hydrogen-bond donors (Lipinski definition) is 1. The number of carbonyl (C=O) groups is 1. The Kier molecular flexibility index (Phi) is 6.92. The number of hydrogen-bond acceptors (Lipinski definition) is 7. The average Bonchev–Trinajstić information content (AvgIpc) is 3.18. The monoisotopic (exact) mass is 492 g/mol. The van der Waals surface area contributed by atoms with Gasteiger partial charge in [-0.2, -0.15) is 0 Å². The van der Waals surface area contributed by atoms with Crippen LogP contribution in [0.2, 0.25) is 10.2 Å². The molecule has 3 aromatic rings. The molecule has 1 aliphatic heterocycles. The smallest absolute Gasteiger partial charge is 0.410 e. The summed E-state index contributed by atoms with van der Waals surface area (Å²) in [5, 5.41) is 0.784. The number of benzene rings is 1. The largest absolute Gasteiger partial charge is 0.492 e. The first-order valence-electron chi connectivity index (χ1n) is 10.7. The fourth-order valence-electron chi connectivity index (χ4n) is 3.48. The van der Waals surface area contributed by atoms with Gasteiger partial charge in [-0.25, -0.2) is 19.7 Å². The summed E-state index contributed by atoms with van der Waals surface area (Å²) in [5.74, 6) is 1.23. The number of nitrogens with zero attached hydrogens (tertiary/aromatic N) is 5. The van der Waals surface area contributed by atoms with Gasteiger partial charge in [0, 0.05) is 38.3 Å². The molecule has 0 radical (unpaired) electrons. The number of halogens is 2. The molecule has 176 valence electrons. The van der Waals surface area contributed by atoms with Gasteiger partial charge in [-0.05, 0) is 39.0 Å². The van der Waals surface area contributed by atoms with E-state index in [2.05, 4.69) is 24.8 Å². The maximum Gasteiger partial charge on any atom is 0.410 e. The Labute approximate surface area is 202 Å². The molecular weight excluding hydrogens is 467 g/mol. The normalized spacial score (nSPS) is 15.1. The predicted octanol–water partition coefficient (Wildman–Crippen LogP) is 4.26. The summed E-state index contributed by atoms with van der Waals surface area (Å²) in [6, 6.07) is 5.45. The minimum atomic E-state index is -0.482. The van der Waals surface area contributed by atoms with Crippen LogP contribution < -0.4 is 4.74 Å². The van der Waals surface area contributed by atoms with Gasteiger partial charge in [0.25, 0.3) is 0 Å². The molecule has 33 heavy (non-hydrogen) atoms. The zero-order valence-electron chi connectivity index (χ0n) is 18.8. The second-order valence-electron chi connectivity index (χ2n) is 8.75. The van der Waals surface area contributed by atoms with Crippen molar-refractivity contribution in [2.24, 2.45) is 0 Å². The highest BCUT2D eigenvalue weighted by Crippen LogP contribution is 2.31. The molecule has 0 bridgehead atoms. The van der Waals surface area contributed by atoms with Gasteiger partial charge >= 0.3 is 6.09 Å². The molecule has 1 N–H and O–H groups in total. The van der Waals surface area contributed by atoms with Crippen molar-refractivity contribution in [2.45, 2.75) is 26.4 Å². The van der Waals surface area contributed by atoms with E-state index in [4.69, 9.17) is 32.7 Å². The fraction of sp³-hybridized carbons (Fsp3) is 0.455. The maximum atomic E-state index is 12.2. The van der Waals surface area contributed by atoms with E-state index in [1.807, 2.05) is 32.9 Å². The number of imidazole rings is 1. The van der Waals surface area contributed by atoms with Crippen LogP contribution >= 0.6 is 23.2 Å². The van der Waals surface area contributed by atoms with Gasteiger partial charge in [0.1, 0.15) is 35.6 Å². The lowest BCUT2D eigenvalue weighted by atomic mass is 10.2. The first kappa shape index (κ1) is 23.5. The number of nitrogens with one attached hydrogen (secondary N) is 1. The number of carbonyl (C=O) groups excluding carboxylic acids is 1. The van der Waals surface area contributed by atoms with E-state index in [0.717, 1.165) is 25.2 Å². The molecular formula is C22H26Cl2N6O3. The molecule has 1 aliphatic rings. The van der Waals surface area contributed by atoms with E-state index in [1.165, 1.54) is 6.33 Å². The summed E-state index contributed by atoms with van der Waals surface area (Å²) < 4.78 is 11.3. The molecule has 0 aliphatic carbocycles. The molecule has 1 aromatic carbocycles. The maximum absolute atomic E-state index is 12.2. The second-order valence-corrected chi connectivity index (χ2v) is 9.51. The zero-order chi connectivity index (χ0) is 23.6. The number of H-pyrrole nitrogens is 1. The second kappa shape index (κ2) is 9.70. The Bertz CT molecular complexity index is 1140. The summed E-state index contributed by atoms with van der Waals surface area (Å²) in [6.45, 7) is 9.72. The third-order valence-corrected chi connectivity index (χ3v) is 5.72. The highest BCUT2D eigenvalue weighted by atomic mass is 35.5. The van der Waals surface area contributed by atoms with E-state index >= 15 is 0 Å².